The lowest BCUT2D eigenvalue weighted by molar-refractivity contribution is 0.0103. The van der Waals surface area contributed by atoms with Crippen LogP contribution in [0.4, 0.5) is 0 Å². The number of rotatable bonds is 3. The topological polar surface area (TPSA) is 49.3 Å². The van der Waals surface area contributed by atoms with Crippen molar-refractivity contribution in [1.82, 2.24) is 20.0 Å². The molecule has 0 aliphatic carbocycles. The first-order valence-electron chi connectivity index (χ1n) is 7.54. The monoisotopic (exact) mass is 314 g/mol. The molecule has 0 N–H and O–H groups in total. The lowest BCUT2D eigenvalue weighted by Crippen LogP contribution is -2.59. The Morgan fingerprint density at radius 3 is 2.91 bits per heavy atom. The molecule has 2 aliphatic rings. The van der Waals surface area contributed by atoms with Gasteiger partial charge in [-0.2, -0.15) is 21.5 Å². The third kappa shape index (κ3) is 2.53. The molecule has 2 aromatic rings. The van der Waals surface area contributed by atoms with E-state index < -0.39 is 0 Å². The van der Waals surface area contributed by atoms with Crippen LogP contribution < -0.4 is 0 Å². The number of likely N-dealkylation sites (tertiary alicyclic amines) is 2. The highest BCUT2D eigenvalue weighted by Crippen LogP contribution is 2.40. The smallest absolute Gasteiger partial charge is 0.255 e. The van der Waals surface area contributed by atoms with Crippen LogP contribution in [0.25, 0.3) is 0 Å². The molecule has 22 heavy (non-hydrogen) atoms. The van der Waals surface area contributed by atoms with Gasteiger partial charge in [0.25, 0.3) is 5.91 Å². The van der Waals surface area contributed by atoms with Crippen LogP contribution in [0.2, 0.25) is 0 Å². The highest BCUT2D eigenvalue weighted by Gasteiger charge is 2.49. The van der Waals surface area contributed by atoms with Gasteiger partial charge in [0, 0.05) is 31.6 Å². The molecule has 2 aromatic heterocycles. The highest BCUT2D eigenvalue weighted by atomic mass is 32.1. The molecule has 6 heteroatoms. The Balaban J connectivity index is 1.34. The van der Waals surface area contributed by atoms with Gasteiger partial charge in [0.2, 0.25) is 0 Å². The SMILES string of the molecule is O=C(c1ccnnc1)N1CC2(CCN(Cc3ccsc3)C2)C1. The van der Waals surface area contributed by atoms with Crippen LogP contribution in [0.5, 0.6) is 0 Å². The molecule has 1 amide bonds. The predicted octanol–water partition coefficient (Wildman–Crippen LogP) is 1.89. The van der Waals surface area contributed by atoms with E-state index in [0.29, 0.717) is 11.0 Å². The van der Waals surface area contributed by atoms with Crippen LogP contribution in [-0.2, 0) is 6.54 Å². The van der Waals surface area contributed by atoms with Gasteiger partial charge in [0.05, 0.1) is 18.0 Å². The second kappa shape index (κ2) is 5.44. The zero-order chi connectivity index (χ0) is 15.0. The zero-order valence-electron chi connectivity index (χ0n) is 12.3. The van der Waals surface area contributed by atoms with E-state index in [-0.39, 0.29) is 5.91 Å². The van der Waals surface area contributed by atoms with Gasteiger partial charge >= 0.3 is 0 Å². The Hall–Kier alpha value is -1.79. The summed E-state index contributed by atoms with van der Waals surface area (Å²) in [5.41, 5.74) is 2.35. The van der Waals surface area contributed by atoms with Gasteiger partial charge in [-0.3, -0.25) is 9.69 Å². The van der Waals surface area contributed by atoms with Crippen molar-refractivity contribution in [3.05, 3.63) is 46.4 Å². The standard InChI is InChI=1S/C16H18N4OS/c21-15(14-1-4-17-18-7-14)20-11-16(12-20)3-5-19(10-16)8-13-2-6-22-9-13/h1-2,4,6-7,9H,3,5,8,10-12H2. The molecule has 2 saturated heterocycles. The number of hydrogen-bond donors (Lipinski definition) is 0. The molecular weight excluding hydrogens is 296 g/mol. The number of carbonyl (C=O) groups is 1. The number of nitrogens with zero attached hydrogens (tertiary/aromatic N) is 4. The van der Waals surface area contributed by atoms with Gasteiger partial charge in [-0.05, 0) is 41.4 Å². The molecule has 0 atom stereocenters. The average Bonchev–Trinajstić information content (AvgIpc) is 3.16. The molecule has 0 aromatic carbocycles. The van der Waals surface area contributed by atoms with Crippen molar-refractivity contribution in [2.45, 2.75) is 13.0 Å². The number of thiophene rings is 1. The minimum absolute atomic E-state index is 0.0804. The van der Waals surface area contributed by atoms with Gasteiger partial charge in [-0.25, -0.2) is 0 Å². The van der Waals surface area contributed by atoms with E-state index in [1.165, 1.54) is 12.0 Å². The summed E-state index contributed by atoms with van der Waals surface area (Å²) >= 11 is 1.75. The summed E-state index contributed by atoms with van der Waals surface area (Å²) in [6, 6.07) is 3.93. The van der Waals surface area contributed by atoms with Gasteiger partial charge in [-0.15, -0.1) is 0 Å². The van der Waals surface area contributed by atoms with Crippen molar-refractivity contribution in [2.24, 2.45) is 5.41 Å². The summed E-state index contributed by atoms with van der Waals surface area (Å²) in [7, 11) is 0. The summed E-state index contributed by atoms with van der Waals surface area (Å²) < 4.78 is 0. The highest BCUT2D eigenvalue weighted by molar-refractivity contribution is 7.07. The number of carbonyl (C=O) groups excluding carboxylic acids is 1. The minimum Gasteiger partial charge on any atom is -0.337 e. The van der Waals surface area contributed by atoms with Crippen molar-refractivity contribution in [2.75, 3.05) is 26.2 Å². The summed E-state index contributed by atoms with van der Waals surface area (Å²) in [5, 5.41) is 11.9. The first-order valence-corrected chi connectivity index (χ1v) is 8.48. The third-order valence-electron chi connectivity index (χ3n) is 4.67. The normalized spacial score (nSPS) is 20.3. The fraction of sp³-hybridized carbons (Fsp3) is 0.438. The summed E-state index contributed by atoms with van der Waals surface area (Å²) in [6.45, 7) is 5.01. The molecule has 114 valence electrons. The van der Waals surface area contributed by atoms with Crippen LogP contribution in [0.3, 0.4) is 0 Å². The van der Waals surface area contributed by atoms with Crippen LogP contribution >= 0.6 is 11.3 Å². The predicted molar refractivity (Wildman–Crippen MR) is 84.6 cm³/mol. The summed E-state index contributed by atoms with van der Waals surface area (Å²) in [4.78, 5) is 16.8. The van der Waals surface area contributed by atoms with Crippen LogP contribution in [-0.4, -0.2) is 52.1 Å². The van der Waals surface area contributed by atoms with Crippen molar-refractivity contribution < 1.29 is 4.79 Å². The van der Waals surface area contributed by atoms with E-state index in [1.54, 1.807) is 29.8 Å². The van der Waals surface area contributed by atoms with E-state index in [1.807, 2.05) is 4.90 Å². The summed E-state index contributed by atoms with van der Waals surface area (Å²) in [6.07, 6.45) is 4.31. The Labute approximate surface area is 133 Å². The van der Waals surface area contributed by atoms with Crippen LogP contribution in [0, 0.1) is 5.41 Å². The Morgan fingerprint density at radius 2 is 2.18 bits per heavy atom. The van der Waals surface area contributed by atoms with Crippen LogP contribution in [0.1, 0.15) is 22.3 Å². The quantitative estimate of drug-likeness (QED) is 0.868. The molecule has 2 aliphatic heterocycles. The molecule has 0 bridgehead atoms. The van der Waals surface area contributed by atoms with Gasteiger partial charge in [-0.1, -0.05) is 0 Å². The maximum absolute atomic E-state index is 12.4. The third-order valence-corrected chi connectivity index (χ3v) is 5.41. The van der Waals surface area contributed by atoms with Crippen molar-refractivity contribution in [3.63, 3.8) is 0 Å². The minimum atomic E-state index is 0.0804. The van der Waals surface area contributed by atoms with Gasteiger partial charge in [0.1, 0.15) is 0 Å². The van der Waals surface area contributed by atoms with Crippen molar-refractivity contribution in [3.8, 4) is 0 Å². The first kappa shape index (κ1) is 13.8. The lowest BCUT2D eigenvalue weighted by Gasteiger charge is -2.48. The fourth-order valence-electron chi connectivity index (χ4n) is 3.57. The molecule has 0 radical (unpaired) electrons. The molecule has 1 spiro atoms. The molecule has 2 fully saturated rings. The average molecular weight is 314 g/mol. The Bertz CT molecular complexity index is 652. The molecule has 4 heterocycles. The van der Waals surface area contributed by atoms with E-state index in [4.69, 9.17) is 0 Å². The summed E-state index contributed by atoms with van der Waals surface area (Å²) in [5.74, 6) is 0.0804. The molecule has 0 saturated carbocycles. The Kier molecular flexibility index (Phi) is 3.43. The van der Waals surface area contributed by atoms with Crippen LogP contribution in [0.15, 0.2) is 35.3 Å². The molecule has 5 nitrogen and oxygen atoms in total. The maximum atomic E-state index is 12.4. The fourth-order valence-corrected chi connectivity index (χ4v) is 4.23. The molecule has 4 rings (SSSR count). The van der Waals surface area contributed by atoms with E-state index in [9.17, 15) is 4.79 Å². The van der Waals surface area contributed by atoms with Crippen molar-refractivity contribution >= 4 is 17.2 Å². The Morgan fingerprint density at radius 1 is 1.27 bits per heavy atom. The maximum Gasteiger partial charge on any atom is 0.255 e. The largest absolute Gasteiger partial charge is 0.337 e. The second-order valence-electron chi connectivity index (χ2n) is 6.38. The number of aromatic nitrogens is 2. The van der Waals surface area contributed by atoms with E-state index in [2.05, 4.69) is 31.9 Å². The first-order chi connectivity index (χ1) is 10.7. The second-order valence-corrected chi connectivity index (χ2v) is 7.16. The molecular formula is C16H18N4OS. The lowest BCUT2D eigenvalue weighted by atomic mass is 9.79. The molecule has 0 unspecified atom stereocenters. The van der Waals surface area contributed by atoms with E-state index >= 15 is 0 Å². The number of hydrogen-bond acceptors (Lipinski definition) is 5. The van der Waals surface area contributed by atoms with Crippen molar-refractivity contribution in [1.29, 1.82) is 0 Å². The van der Waals surface area contributed by atoms with E-state index in [0.717, 1.165) is 32.7 Å². The van der Waals surface area contributed by atoms with Gasteiger partial charge in [0.15, 0.2) is 0 Å². The zero-order valence-corrected chi connectivity index (χ0v) is 13.1. The number of amides is 1. The van der Waals surface area contributed by atoms with Gasteiger partial charge < -0.3 is 4.90 Å².